The molecule has 1 atom stereocenters. The molecule has 1 aliphatic carbocycles. The van der Waals surface area contributed by atoms with Crippen molar-refractivity contribution in [3.8, 4) is 22.8 Å². The predicted molar refractivity (Wildman–Crippen MR) is 193 cm³/mol. The lowest BCUT2D eigenvalue weighted by Crippen LogP contribution is -2.30. The van der Waals surface area contributed by atoms with Crippen LogP contribution in [0, 0.1) is 10.1 Å². The van der Waals surface area contributed by atoms with Gasteiger partial charge in [0.25, 0.3) is 11.6 Å². The van der Waals surface area contributed by atoms with Crippen molar-refractivity contribution in [3.05, 3.63) is 141 Å². The number of nitrogens with one attached hydrogen (secondary N) is 1. The van der Waals surface area contributed by atoms with Crippen LogP contribution in [0.3, 0.4) is 0 Å². The number of aromatic nitrogens is 2. The summed E-state index contributed by atoms with van der Waals surface area (Å²) in [7, 11) is 0. The summed E-state index contributed by atoms with van der Waals surface area (Å²) in [6.45, 7) is 1.51. The monoisotopic (exact) mass is 682 g/mol. The molecule has 2 aromatic heterocycles. The number of amides is 1. The van der Waals surface area contributed by atoms with Gasteiger partial charge in [0.05, 0.1) is 27.4 Å². The van der Waals surface area contributed by atoms with Gasteiger partial charge in [0, 0.05) is 28.5 Å². The summed E-state index contributed by atoms with van der Waals surface area (Å²) in [6.07, 6.45) is 3.21. The highest BCUT2D eigenvalue weighted by Gasteiger charge is 2.28. The normalized spacial score (nSPS) is 13.7. The first kappa shape index (κ1) is 32.4. The first-order chi connectivity index (χ1) is 24.3. The Hall–Kier alpha value is -6.20. The van der Waals surface area contributed by atoms with Crippen LogP contribution in [-0.4, -0.2) is 32.9 Å². The summed E-state index contributed by atoms with van der Waals surface area (Å²) in [5.74, 6) is 0.332. The average molecular weight is 683 g/mol. The number of fused-ring (bicyclic) bond motifs is 2. The number of carbonyl (C=O) groups excluding carboxylic acids is 2. The highest BCUT2D eigenvalue weighted by Crippen LogP contribution is 2.37. The highest BCUT2D eigenvalue weighted by atomic mass is 32.1. The lowest BCUT2D eigenvalue weighted by Gasteiger charge is -2.23. The lowest BCUT2D eigenvalue weighted by atomic mass is 9.86. The molecule has 1 unspecified atom stereocenters. The van der Waals surface area contributed by atoms with Gasteiger partial charge in [-0.25, -0.2) is 14.8 Å². The number of non-ortho nitro benzene ring substituents is 1. The number of para-hydroxylation sites is 2. The minimum atomic E-state index is -1.13. The van der Waals surface area contributed by atoms with E-state index < -0.39 is 22.9 Å². The predicted octanol–water partition coefficient (Wildman–Crippen LogP) is 9.12. The number of thiazole rings is 1. The number of carbonyl (C=O) groups is 2. The molecule has 0 aliphatic heterocycles. The molecule has 248 valence electrons. The van der Waals surface area contributed by atoms with Crippen molar-refractivity contribution < 1.29 is 24.0 Å². The number of hydrogen-bond donors (Lipinski definition) is 1. The van der Waals surface area contributed by atoms with Gasteiger partial charge in [-0.05, 0) is 79.3 Å². The summed E-state index contributed by atoms with van der Waals surface area (Å²) < 4.78 is 11.7. The molecule has 1 N–H and O–H groups in total. The van der Waals surface area contributed by atoms with E-state index in [9.17, 15) is 19.7 Å². The topological polar surface area (TPSA) is 134 Å². The van der Waals surface area contributed by atoms with E-state index in [-0.39, 0.29) is 10.8 Å². The van der Waals surface area contributed by atoms with Crippen LogP contribution in [0.4, 0.5) is 10.8 Å². The molecule has 2 heterocycles. The van der Waals surface area contributed by atoms with Crippen LogP contribution in [-0.2, 0) is 16.0 Å². The van der Waals surface area contributed by atoms with E-state index in [1.54, 1.807) is 17.5 Å². The molecular formula is C39H30N4O6S. The molecule has 0 fully saturated rings. The third-order valence-corrected chi connectivity index (χ3v) is 9.07. The lowest BCUT2D eigenvalue weighted by molar-refractivity contribution is -0.384. The summed E-state index contributed by atoms with van der Waals surface area (Å²) in [5, 5.41) is 16.5. The van der Waals surface area contributed by atoms with Gasteiger partial charge < -0.3 is 9.47 Å². The van der Waals surface area contributed by atoms with Gasteiger partial charge in [-0.2, -0.15) is 0 Å². The van der Waals surface area contributed by atoms with Crippen molar-refractivity contribution in [3.63, 3.8) is 0 Å². The van der Waals surface area contributed by atoms with Gasteiger partial charge in [-0.1, -0.05) is 60.7 Å². The van der Waals surface area contributed by atoms with Gasteiger partial charge in [0.1, 0.15) is 11.5 Å². The molecule has 0 saturated heterocycles. The molecular weight excluding hydrogens is 653 g/mol. The Morgan fingerprint density at radius 3 is 2.48 bits per heavy atom. The molecule has 50 heavy (non-hydrogen) atoms. The molecule has 0 saturated carbocycles. The summed E-state index contributed by atoms with van der Waals surface area (Å²) in [4.78, 5) is 47.2. The van der Waals surface area contributed by atoms with Crippen molar-refractivity contribution in [1.29, 1.82) is 0 Å². The SMILES string of the molecule is CC(OC(=O)c1c2c(nc3ccccc13)/C(=C\c1ccc(Oc3ccccc3)cc1)CCC2)C(=O)Nc1nc(-c2cccc([N+](=O)[O-])c2)cs1. The van der Waals surface area contributed by atoms with Crippen molar-refractivity contribution in [2.45, 2.75) is 32.3 Å². The number of rotatable bonds is 9. The van der Waals surface area contributed by atoms with Crippen LogP contribution in [0.1, 0.15) is 46.9 Å². The second kappa shape index (κ2) is 14.1. The quantitative estimate of drug-likeness (QED) is 0.0907. The second-order valence-corrected chi connectivity index (χ2v) is 12.6. The van der Waals surface area contributed by atoms with Gasteiger partial charge in [-0.3, -0.25) is 20.2 Å². The first-order valence-electron chi connectivity index (χ1n) is 16.0. The molecule has 7 rings (SSSR count). The van der Waals surface area contributed by atoms with Crippen LogP contribution >= 0.6 is 11.3 Å². The zero-order chi connectivity index (χ0) is 34.6. The fourth-order valence-corrected chi connectivity index (χ4v) is 6.61. The number of nitro benzene ring substituents is 1. The number of nitro groups is 1. The number of nitrogens with zero attached hydrogens (tertiary/aromatic N) is 3. The number of ether oxygens (including phenoxy) is 2. The molecule has 1 aliphatic rings. The van der Waals surface area contributed by atoms with Gasteiger partial charge in [0.15, 0.2) is 11.2 Å². The first-order valence-corrected chi connectivity index (χ1v) is 16.9. The molecule has 6 aromatic rings. The summed E-state index contributed by atoms with van der Waals surface area (Å²) in [5.41, 5.74) is 5.57. The van der Waals surface area contributed by atoms with E-state index in [0.717, 1.165) is 46.7 Å². The Morgan fingerprint density at radius 1 is 0.920 bits per heavy atom. The van der Waals surface area contributed by atoms with E-state index >= 15 is 0 Å². The molecule has 0 bridgehead atoms. The Bertz CT molecular complexity index is 2270. The van der Waals surface area contributed by atoms with Crippen LogP contribution in [0.2, 0.25) is 0 Å². The van der Waals surface area contributed by atoms with Crippen LogP contribution in [0.25, 0.3) is 33.8 Å². The van der Waals surface area contributed by atoms with Gasteiger partial charge in [-0.15, -0.1) is 11.3 Å². The van der Waals surface area contributed by atoms with E-state index in [1.807, 2.05) is 78.9 Å². The Morgan fingerprint density at radius 2 is 1.68 bits per heavy atom. The minimum Gasteiger partial charge on any atom is -0.457 e. The van der Waals surface area contributed by atoms with Gasteiger partial charge >= 0.3 is 5.97 Å². The van der Waals surface area contributed by atoms with Crippen molar-refractivity contribution >= 4 is 56.6 Å². The van der Waals surface area contributed by atoms with Crippen LogP contribution in [0.5, 0.6) is 11.5 Å². The number of esters is 1. The Kier molecular flexibility index (Phi) is 9.13. The minimum absolute atomic E-state index is 0.0571. The maximum atomic E-state index is 13.9. The molecule has 0 spiro atoms. The largest absolute Gasteiger partial charge is 0.457 e. The third-order valence-electron chi connectivity index (χ3n) is 8.31. The summed E-state index contributed by atoms with van der Waals surface area (Å²) in [6, 6.07) is 31.0. The fraction of sp³-hybridized carbons (Fsp3) is 0.128. The number of allylic oxidation sites excluding steroid dienone is 1. The van der Waals surface area contributed by atoms with Crippen molar-refractivity contribution in [2.75, 3.05) is 5.32 Å². The molecule has 4 aromatic carbocycles. The van der Waals surface area contributed by atoms with Crippen LogP contribution < -0.4 is 10.1 Å². The molecule has 0 radical (unpaired) electrons. The highest BCUT2D eigenvalue weighted by molar-refractivity contribution is 7.14. The van der Waals surface area contributed by atoms with E-state index in [4.69, 9.17) is 14.5 Å². The maximum Gasteiger partial charge on any atom is 0.339 e. The van der Waals surface area contributed by atoms with E-state index in [0.29, 0.717) is 34.1 Å². The number of benzene rings is 4. The average Bonchev–Trinajstić information content (AvgIpc) is 3.60. The number of pyridine rings is 1. The Labute approximate surface area is 291 Å². The number of anilines is 1. The van der Waals surface area contributed by atoms with Crippen molar-refractivity contribution in [2.24, 2.45) is 0 Å². The zero-order valence-electron chi connectivity index (χ0n) is 26.9. The van der Waals surface area contributed by atoms with Gasteiger partial charge in [0.2, 0.25) is 0 Å². The smallest absolute Gasteiger partial charge is 0.339 e. The number of hydrogen-bond acceptors (Lipinski definition) is 9. The summed E-state index contributed by atoms with van der Waals surface area (Å²) >= 11 is 1.17. The Balaban J connectivity index is 1.11. The molecule has 1 amide bonds. The molecule has 10 nitrogen and oxygen atoms in total. The van der Waals surface area contributed by atoms with E-state index in [1.165, 1.54) is 30.4 Å². The van der Waals surface area contributed by atoms with Crippen molar-refractivity contribution in [1.82, 2.24) is 9.97 Å². The van der Waals surface area contributed by atoms with Crippen LogP contribution in [0.15, 0.2) is 109 Å². The zero-order valence-corrected chi connectivity index (χ0v) is 27.7. The standard InChI is InChI=1S/C39H30N4O6S/c1-24(37(44)42-39-41-34(23-50-39)26-9-7-11-28(22-26)43(46)47)48-38(45)35-31-14-5-6-16-33(31)40-36-27(10-8-15-32(35)36)21-25-17-19-30(20-18-25)49-29-12-3-2-4-13-29/h2-7,9,11-14,16-24H,8,10,15H2,1H3,(H,41,42,44)/b27-21-. The fourth-order valence-electron chi connectivity index (χ4n) is 5.89. The maximum absolute atomic E-state index is 13.9. The van der Waals surface area contributed by atoms with E-state index in [2.05, 4.69) is 16.4 Å². The third kappa shape index (κ3) is 6.99. The molecule has 11 heteroatoms. The second-order valence-electron chi connectivity index (χ2n) is 11.7.